The average Bonchev–Trinajstić information content (AvgIpc) is 2.60. The first-order chi connectivity index (χ1) is 12.8. The molecule has 1 N–H and O–H groups in total. The topological polar surface area (TPSA) is 84.3 Å². The minimum atomic E-state index is -0.929. The molecule has 3 rings (SSSR count). The molecule has 0 saturated heterocycles. The van der Waals surface area contributed by atoms with Crippen molar-refractivity contribution in [2.24, 2.45) is 0 Å². The molecular formula is C17H16F2N4O3S. The Morgan fingerprint density at radius 2 is 2.07 bits per heavy atom. The normalized spacial score (nSPS) is 13.7. The van der Waals surface area contributed by atoms with Crippen LogP contribution in [0, 0.1) is 11.6 Å². The summed E-state index contributed by atoms with van der Waals surface area (Å²) < 4.78 is 27.5. The molecule has 1 aliphatic rings. The molecule has 0 spiro atoms. The van der Waals surface area contributed by atoms with Crippen molar-refractivity contribution in [3.8, 4) is 0 Å². The minimum absolute atomic E-state index is 0.182. The Morgan fingerprint density at radius 1 is 1.33 bits per heavy atom. The van der Waals surface area contributed by atoms with E-state index in [0.29, 0.717) is 11.0 Å². The van der Waals surface area contributed by atoms with Crippen LogP contribution in [0.4, 0.5) is 20.2 Å². The fourth-order valence-corrected chi connectivity index (χ4v) is 3.56. The second kappa shape index (κ2) is 7.47. The van der Waals surface area contributed by atoms with Crippen LogP contribution in [0.25, 0.3) is 0 Å². The van der Waals surface area contributed by atoms with Crippen LogP contribution in [-0.4, -0.2) is 33.4 Å². The van der Waals surface area contributed by atoms with Crippen LogP contribution in [0.15, 0.2) is 34.1 Å². The van der Waals surface area contributed by atoms with Crippen molar-refractivity contribution in [2.75, 3.05) is 16.0 Å². The van der Waals surface area contributed by atoms with Gasteiger partial charge in [0.25, 0.3) is 5.56 Å². The van der Waals surface area contributed by atoms with E-state index in [1.54, 1.807) is 13.8 Å². The maximum atomic E-state index is 13.7. The van der Waals surface area contributed by atoms with Crippen molar-refractivity contribution in [3.05, 3.63) is 46.4 Å². The van der Waals surface area contributed by atoms with E-state index in [1.807, 2.05) is 0 Å². The van der Waals surface area contributed by atoms with Crippen LogP contribution in [0.1, 0.15) is 13.8 Å². The molecule has 2 aromatic rings. The smallest absolute Gasteiger partial charge is 0.292 e. The summed E-state index contributed by atoms with van der Waals surface area (Å²) >= 11 is 1.21. The van der Waals surface area contributed by atoms with E-state index in [-0.39, 0.29) is 29.1 Å². The minimum Gasteiger partial charge on any atom is -0.322 e. The largest absolute Gasteiger partial charge is 0.322 e. The number of benzene rings is 1. The molecule has 142 valence electrons. The quantitative estimate of drug-likeness (QED) is 0.858. The number of hydrogen-bond acceptors (Lipinski definition) is 5. The van der Waals surface area contributed by atoms with Crippen LogP contribution in [0.3, 0.4) is 0 Å². The lowest BCUT2D eigenvalue weighted by molar-refractivity contribution is -0.117. The monoisotopic (exact) mass is 394 g/mol. The summed E-state index contributed by atoms with van der Waals surface area (Å²) in [6.45, 7) is 3.09. The number of amides is 2. The van der Waals surface area contributed by atoms with Gasteiger partial charge in [0.05, 0.1) is 22.5 Å². The lowest BCUT2D eigenvalue weighted by atomic mass is 10.2. The van der Waals surface area contributed by atoms with Crippen LogP contribution in [-0.2, 0) is 16.1 Å². The number of carbonyl (C=O) groups is 2. The molecule has 0 unspecified atom stereocenters. The molecular weight excluding hydrogens is 378 g/mol. The highest BCUT2D eigenvalue weighted by molar-refractivity contribution is 8.00. The van der Waals surface area contributed by atoms with Gasteiger partial charge in [0.1, 0.15) is 23.9 Å². The van der Waals surface area contributed by atoms with Crippen molar-refractivity contribution in [2.45, 2.75) is 31.3 Å². The molecule has 1 aromatic carbocycles. The SMILES string of the molecule is CC(C)N1C(=O)CSc2cnn(CC(=O)Nc3ccc(F)cc3F)c(=O)c21. The third-order valence-electron chi connectivity index (χ3n) is 3.86. The van der Waals surface area contributed by atoms with Gasteiger partial charge in [-0.3, -0.25) is 14.4 Å². The van der Waals surface area contributed by atoms with Crippen molar-refractivity contribution in [1.82, 2.24) is 9.78 Å². The Morgan fingerprint density at radius 3 is 2.74 bits per heavy atom. The standard InChI is InChI=1S/C17H16F2N4O3S/c1-9(2)23-15(25)8-27-13-6-20-22(17(26)16(13)23)7-14(24)21-12-4-3-10(18)5-11(12)19/h3-6,9H,7-8H2,1-2H3,(H,21,24). The molecule has 27 heavy (non-hydrogen) atoms. The van der Waals surface area contributed by atoms with Crippen LogP contribution in [0.2, 0.25) is 0 Å². The number of hydrogen-bond donors (Lipinski definition) is 1. The van der Waals surface area contributed by atoms with E-state index in [1.165, 1.54) is 22.9 Å². The number of anilines is 2. The first kappa shape index (κ1) is 19.0. The Hall–Kier alpha value is -2.75. The van der Waals surface area contributed by atoms with E-state index in [4.69, 9.17) is 0 Å². The van der Waals surface area contributed by atoms with E-state index in [0.717, 1.165) is 16.8 Å². The second-order valence-corrected chi connectivity index (χ2v) is 7.16. The summed E-state index contributed by atoms with van der Waals surface area (Å²) in [7, 11) is 0. The van der Waals surface area contributed by atoms with Gasteiger partial charge in [-0.25, -0.2) is 13.5 Å². The first-order valence-electron chi connectivity index (χ1n) is 8.08. The number of carbonyl (C=O) groups excluding carboxylic acids is 2. The molecule has 1 aromatic heterocycles. The summed E-state index contributed by atoms with van der Waals surface area (Å²) in [5.74, 6) is -2.40. The summed E-state index contributed by atoms with van der Waals surface area (Å²) in [6.07, 6.45) is 1.43. The molecule has 1 aliphatic heterocycles. The maximum Gasteiger partial charge on any atom is 0.292 e. The maximum absolute atomic E-state index is 13.7. The van der Waals surface area contributed by atoms with Crippen LogP contribution >= 0.6 is 11.8 Å². The first-order valence-corrected chi connectivity index (χ1v) is 9.06. The Balaban J connectivity index is 1.87. The number of nitrogens with zero attached hydrogens (tertiary/aromatic N) is 3. The molecule has 0 atom stereocenters. The van der Waals surface area contributed by atoms with Crippen LogP contribution in [0.5, 0.6) is 0 Å². The Labute approximate surface area is 157 Å². The lowest BCUT2D eigenvalue weighted by Crippen LogP contribution is -2.45. The van der Waals surface area contributed by atoms with Gasteiger partial charge in [-0.2, -0.15) is 5.10 Å². The predicted octanol–water partition coefficient (Wildman–Crippen LogP) is 2.01. The lowest BCUT2D eigenvalue weighted by Gasteiger charge is -2.31. The molecule has 0 fully saturated rings. The van der Waals surface area contributed by atoms with Gasteiger partial charge < -0.3 is 10.2 Å². The van der Waals surface area contributed by atoms with Gasteiger partial charge in [0.2, 0.25) is 11.8 Å². The van der Waals surface area contributed by atoms with E-state index < -0.39 is 29.6 Å². The van der Waals surface area contributed by atoms with Gasteiger partial charge in [-0.1, -0.05) is 0 Å². The highest BCUT2D eigenvalue weighted by Crippen LogP contribution is 2.32. The molecule has 10 heteroatoms. The number of thioether (sulfide) groups is 1. The zero-order chi connectivity index (χ0) is 19.7. The van der Waals surface area contributed by atoms with Gasteiger partial charge in [-0.05, 0) is 26.0 Å². The van der Waals surface area contributed by atoms with Crippen molar-refractivity contribution >= 4 is 35.0 Å². The number of halogens is 2. The number of rotatable bonds is 4. The third kappa shape index (κ3) is 3.85. The summed E-state index contributed by atoms with van der Waals surface area (Å²) in [5, 5.41) is 6.23. The van der Waals surface area contributed by atoms with Crippen molar-refractivity contribution in [3.63, 3.8) is 0 Å². The molecule has 2 heterocycles. The molecule has 0 saturated carbocycles. The predicted molar refractivity (Wildman–Crippen MR) is 96.8 cm³/mol. The highest BCUT2D eigenvalue weighted by Gasteiger charge is 2.31. The molecule has 0 bridgehead atoms. The second-order valence-electron chi connectivity index (χ2n) is 6.14. The number of nitrogens with one attached hydrogen (secondary N) is 1. The summed E-state index contributed by atoms with van der Waals surface area (Å²) in [5.41, 5.74) is -0.611. The molecule has 2 amide bonds. The molecule has 0 aliphatic carbocycles. The Bertz CT molecular complexity index is 977. The van der Waals surface area contributed by atoms with E-state index >= 15 is 0 Å². The van der Waals surface area contributed by atoms with Gasteiger partial charge >= 0.3 is 0 Å². The number of aromatic nitrogens is 2. The zero-order valence-corrected chi connectivity index (χ0v) is 15.3. The Kier molecular flexibility index (Phi) is 5.26. The van der Waals surface area contributed by atoms with E-state index in [2.05, 4.69) is 10.4 Å². The van der Waals surface area contributed by atoms with E-state index in [9.17, 15) is 23.2 Å². The molecule has 0 radical (unpaired) electrons. The average molecular weight is 394 g/mol. The highest BCUT2D eigenvalue weighted by atomic mass is 32.2. The summed E-state index contributed by atoms with van der Waals surface area (Å²) in [4.78, 5) is 39.1. The molecule has 7 nitrogen and oxygen atoms in total. The van der Waals surface area contributed by atoms with Crippen molar-refractivity contribution in [1.29, 1.82) is 0 Å². The number of fused-ring (bicyclic) bond motifs is 1. The fourth-order valence-electron chi connectivity index (χ4n) is 2.70. The van der Waals surface area contributed by atoms with Gasteiger partial charge in [0, 0.05) is 12.1 Å². The van der Waals surface area contributed by atoms with Gasteiger partial charge in [-0.15, -0.1) is 11.8 Å². The third-order valence-corrected chi connectivity index (χ3v) is 4.86. The summed E-state index contributed by atoms with van der Waals surface area (Å²) in [6, 6.07) is 2.50. The van der Waals surface area contributed by atoms with Gasteiger partial charge in [0.15, 0.2) is 0 Å². The van der Waals surface area contributed by atoms with Crippen molar-refractivity contribution < 1.29 is 18.4 Å². The zero-order valence-electron chi connectivity index (χ0n) is 14.5. The van der Waals surface area contributed by atoms with Crippen LogP contribution < -0.4 is 15.8 Å². The fraction of sp³-hybridized carbons (Fsp3) is 0.294.